The van der Waals surface area contributed by atoms with Gasteiger partial charge in [0.1, 0.15) is 0 Å². The molecule has 0 amide bonds. The average molecular weight is 299 g/mol. The molecule has 2 rings (SSSR count). The van der Waals surface area contributed by atoms with Crippen molar-refractivity contribution in [2.75, 3.05) is 0 Å². The van der Waals surface area contributed by atoms with Crippen molar-refractivity contribution in [2.45, 2.75) is 19.8 Å². The molecule has 2 heterocycles. The van der Waals surface area contributed by atoms with Crippen LogP contribution in [0.15, 0.2) is 22.9 Å². The van der Waals surface area contributed by atoms with Gasteiger partial charge in [-0.1, -0.05) is 11.6 Å². The van der Waals surface area contributed by atoms with E-state index in [1.54, 1.807) is 22.8 Å². The Balaban J connectivity index is 1.92. The van der Waals surface area contributed by atoms with E-state index in [1.807, 2.05) is 18.4 Å². The number of ketones is 2. The third-order valence-corrected chi connectivity index (χ3v) is 4.47. The van der Waals surface area contributed by atoms with Crippen LogP contribution in [0.25, 0.3) is 0 Å². The second kappa shape index (κ2) is 5.78. The summed E-state index contributed by atoms with van der Waals surface area (Å²) in [5.41, 5.74) is 1.30. The van der Waals surface area contributed by atoms with Crippen molar-refractivity contribution >= 4 is 45.8 Å². The molecule has 0 aliphatic rings. The van der Waals surface area contributed by atoms with Gasteiger partial charge in [-0.15, -0.1) is 22.7 Å². The van der Waals surface area contributed by atoms with E-state index < -0.39 is 0 Å². The van der Waals surface area contributed by atoms with Crippen LogP contribution in [0, 0.1) is 6.92 Å². The van der Waals surface area contributed by atoms with Crippen LogP contribution in [-0.2, 0) is 0 Å². The van der Waals surface area contributed by atoms with Gasteiger partial charge < -0.3 is 0 Å². The van der Waals surface area contributed by atoms with Crippen molar-refractivity contribution < 1.29 is 9.59 Å². The van der Waals surface area contributed by atoms with E-state index in [9.17, 15) is 9.59 Å². The SMILES string of the molecule is Cc1cc(C(=O)CCC(=O)c2csc(Cl)c2)cs1. The largest absolute Gasteiger partial charge is 0.294 e. The van der Waals surface area contributed by atoms with E-state index in [-0.39, 0.29) is 24.4 Å². The van der Waals surface area contributed by atoms with Crippen LogP contribution in [0.2, 0.25) is 4.34 Å². The Bertz CT molecular complexity index is 531. The normalized spacial score (nSPS) is 10.6. The molecule has 0 bridgehead atoms. The highest BCUT2D eigenvalue weighted by atomic mass is 35.5. The fourth-order valence-electron chi connectivity index (χ4n) is 1.56. The fourth-order valence-corrected chi connectivity index (χ4v) is 3.15. The summed E-state index contributed by atoms with van der Waals surface area (Å²) in [5.74, 6) is -0.00696. The monoisotopic (exact) mass is 298 g/mol. The minimum atomic E-state index is -0.0292. The first-order valence-corrected chi connectivity index (χ1v) is 7.55. The number of rotatable bonds is 5. The van der Waals surface area contributed by atoms with Crippen LogP contribution in [0.4, 0.5) is 0 Å². The smallest absolute Gasteiger partial charge is 0.164 e. The van der Waals surface area contributed by atoms with Crippen LogP contribution in [0.1, 0.15) is 38.4 Å². The summed E-state index contributed by atoms with van der Waals surface area (Å²) in [4.78, 5) is 24.7. The summed E-state index contributed by atoms with van der Waals surface area (Å²) in [7, 11) is 0. The quantitative estimate of drug-likeness (QED) is 0.755. The molecular formula is C13H11ClO2S2. The highest BCUT2D eigenvalue weighted by Crippen LogP contribution is 2.22. The number of aryl methyl sites for hydroxylation is 1. The molecule has 0 N–H and O–H groups in total. The van der Waals surface area contributed by atoms with E-state index in [0.717, 1.165) is 4.88 Å². The molecule has 0 saturated carbocycles. The number of thiophene rings is 2. The molecule has 2 nitrogen and oxygen atoms in total. The molecule has 0 spiro atoms. The molecule has 94 valence electrons. The van der Waals surface area contributed by atoms with Gasteiger partial charge in [-0.05, 0) is 19.1 Å². The van der Waals surface area contributed by atoms with Gasteiger partial charge in [-0.3, -0.25) is 9.59 Å². The van der Waals surface area contributed by atoms with E-state index >= 15 is 0 Å². The lowest BCUT2D eigenvalue weighted by Gasteiger charge is -1.97. The maximum absolute atomic E-state index is 11.8. The minimum absolute atomic E-state index is 0.0222. The molecule has 0 unspecified atom stereocenters. The molecule has 2 aromatic rings. The fraction of sp³-hybridized carbons (Fsp3) is 0.231. The minimum Gasteiger partial charge on any atom is -0.294 e. The third kappa shape index (κ3) is 3.28. The average Bonchev–Trinajstić information content (AvgIpc) is 2.94. The van der Waals surface area contributed by atoms with Crippen LogP contribution in [-0.4, -0.2) is 11.6 Å². The van der Waals surface area contributed by atoms with Gasteiger partial charge in [0.25, 0.3) is 0 Å². The van der Waals surface area contributed by atoms with Crippen molar-refractivity contribution in [2.24, 2.45) is 0 Å². The number of carbonyl (C=O) groups is 2. The number of hydrogen-bond donors (Lipinski definition) is 0. The number of hydrogen-bond acceptors (Lipinski definition) is 4. The van der Waals surface area contributed by atoms with Crippen molar-refractivity contribution in [1.29, 1.82) is 0 Å². The van der Waals surface area contributed by atoms with Gasteiger partial charge in [0, 0.05) is 39.6 Å². The Morgan fingerprint density at radius 2 is 1.61 bits per heavy atom. The lowest BCUT2D eigenvalue weighted by Crippen LogP contribution is -2.03. The Morgan fingerprint density at radius 3 is 2.06 bits per heavy atom. The van der Waals surface area contributed by atoms with Crippen LogP contribution >= 0.6 is 34.3 Å². The zero-order chi connectivity index (χ0) is 13.1. The van der Waals surface area contributed by atoms with Gasteiger partial charge in [0.2, 0.25) is 0 Å². The van der Waals surface area contributed by atoms with Crippen LogP contribution in [0.3, 0.4) is 0 Å². The second-order valence-corrected chi connectivity index (χ2v) is 6.59. The molecule has 0 radical (unpaired) electrons. The van der Waals surface area contributed by atoms with E-state index in [1.165, 1.54) is 11.3 Å². The molecule has 0 saturated heterocycles. The third-order valence-electron chi connectivity index (χ3n) is 2.52. The van der Waals surface area contributed by atoms with E-state index in [4.69, 9.17) is 11.6 Å². The first kappa shape index (κ1) is 13.5. The molecular weight excluding hydrogens is 288 g/mol. The molecule has 0 aromatic carbocycles. The highest BCUT2D eigenvalue weighted by Gasteiger charge is 2.13. The second-order valence-electron chi connectivity index (χ2n) is 3.93. The van der Waals surface area contributed by atoms with Gasteiger partial charge >= 0.3 is 0 Å². The van der Waals surface area contributed by atoms with Crippen LogP contribution in [0.5, 0.6) is 0 Å². The molecule has 5 heteroatoms. The first-order chi connectivity index (χ1) is 8.56. The van der Waals surface area contributed by atoms with Gasteiger partial charge in [-0.25, -0.2) is 0 Å². The van der Waals surface area contributed by atoms with Gasteiger partial charge in [-0.2, -0.15) is 0 Å². The van der Waals surface area contributed by atoms with Crippen LogP contribution < -0.4 is 0 Å². The van der Waals surface area contributed by atoms with Crippen molar-refractivity contribution in [3.05, 3.63) is 43.2 Å². The Hall–Kier alpha value is -0.970. The van der Waals surface area contributed by atoms with E-state index in [0.29, 0.717) is 15.5 Å². The molecule has 2 aromatic heterocycles. The molecule has 18 heavy (non-hydrogen) atoms. The summed E-state index contributed by atoms with van der Waals surface area (Å²) >= 11 is 8.64. The predicted molar refractivity (Wildman–Crippen MR) is 76.3 cm³/mol. The molecule has 0 aliphatic heterocycles. The highest BCUT2D eigenvalue weighted by molar-refractivity contribution is 7.14. The van der Waals surface area contributed by atoms with Crippen molar-refractivity contribution in [3.8, 4) is 0 Å². The maximum Gasteiger partial charge on any atom is 0.164 e. The number of carbonyl (C=O) groups excluding carboxylic acids is 2. The molecule has 0 atom stereocenters. The topological polar surface area (TPSA) is 34.1 Å². The number of halogens is 1. The predicted octanol–water partition coefficient (Wildman–Crippen LogP) is 4.62. The summed E-state index contributed by atoms with van der Waals surface area (Å²) in [6.07, 6.45) is 0.489. The summed E-state index contributed by atoms with van der Waals surface area (Å²) in [5, 5.41) is 3.56. The summed E-state index contributed by atoms with van der Waals surface area (Å²) in [6.45, 7) is 1.96. The molecule has 0 fully saturated rings. The maximum atomic E-state index is 11.8. The van der Waals surface area contributed by atoms with E-state index in [2.05, 4.69) is 0 Å². The summed E-state index contributed by atoms with van der Waals surface area (Å²) < 4.78 is 0.595. The standard InChI is InChI=1S/C13H11ClO2S2/c1-8-4-9(6-17-8)11(15)2-3-12(16)10-5-13(14)18-7-10/h4-7H,2-3H2,1H3. The van der Waals surface area contributed by atoms with Crippen molar-refractivity contribution in [1.82, 2.24) is 0 Å². The molecule has 0 aliphatic carbocycles. The first-order valence-electron chi connectivity index (χ1n) is 5.42. The Morgan fingerprint density at radius 1 is 1.06 bits per heavy atom. The summed E-state index contributed by atoms with van der Waals surface area (Å²) in [6, 6.07) is 3.51. The lowest BCUT2D eigenvalue weighted by atomic mass is 10.1. The Labute approximate surface area is 118 Å². The Kier molecular flexibility index (Phi) is 4.32. The lowest BCUT2D eigenvalue weighted by molar-refractivity contribution is 0.0918. The zero-order valence-electron chi connectivity index (χ0n) is 9.73. The van der Waals surface area contributed by atoms with Crippen molar-refractivity contribution in [3.63, 3.8) is 0 Å². The zero-order valence-corrected chi connectivity index (χ0v) is 12.1. The van der Waals surface area contributed by atoms with Gasteiger partial charge in [0.05, 0.1) is 4.34 Å². The van der Waals surface area contributed by atoms with Gasteiger partial charge in [0.15, 0.2) is 11.6 Å². The number of Topliss-reactive ketones (excluding diaryl/α,β-unsaturated/α-hetero) is 2.